The van der Waals surface area contributed by atoms with Gasteiger partial charge < -0.3 is 10.1 Å². The van der Waals surface area contributed by atoms with Gasteiger partial charge in [0.2, 0.25) is 5.75 Å². The summed E-state index contributed by atoms with van der Waals surface area (Å²) in [6.45, 7) is 3.46. The highest BCUT2D eigenvalue weighted by atomic mass is 19.1. The molecule has 1 aromatic carbocycles. The van der Waals surface area contributed by atoms with Gasteiger partial charge in [0, 0.05) is 18.2 Å². The third-order valence-electron chi connectivity index (χ3n) is 2.61. The number of halogens is 1. The van der Waals surface area contributed by atoms with E-state index in [-0.39, 0.29) is 17.5 Å². The van der Waals surface area contributed by atoms with Gasteiger partial charge >= 0.3 is 5.69 Å². The molecule has 0 aliphatic carbocycles. The number of benzene rings is 1. The van der Waals surface area contributed by atoms with E-state index >= 15 is 0 Å². The number of nitrogens with zero attached hydrogens (tertiary/aromatic N) is 1. The standard InChI is InChI=1S/C13H17FN2O4/c1-3-4-9(2)15-13(17)8-20-12-7-10(14)5-6-11(12)16(18)19/h5-7,9H,3-4,8H2,1-2H3,(H,15,17). The first-order valence-corrected chi connectivity index (χ1v) is 6.30. The van der Waals surface area contributed by atoms with E-state index in [1.807, 2.05) is 13.8 Å². The molecule has 1 unspecified atom stereocenters. The van der Waals surface area contributed by atoms with E-state index in [9.17, 15) is 19.3 Å². The lowest BCUT2D eigenvalue weighted by atomic mass is 10.2. The van der Waals surface area contributed by atoms with Crippen molar-refractivity contribution in [3.63, 3.8) is 0 Å². The van der Waals surface area contributed by atoms with Crippen molar-refractivity contribution in [2.24, 2.45) is 0 Å². The molecule has 7 heteroatoms. The number of rotatable bonds is 7. The van der Waals surface area contributed by atoms with Crippen molar-refractivity contribution in [2.45, 2.75) is 32.7 Å². The van der Waals surface area contributed by atoms with E-state index in [1.54, 1.807) is 0 Å². The van der Waals surface area contributed by atoms with E-state index in [4.69, 9.17) is 4.74 Å². The maximum Gasteiger partial charge on any atom is 0.311 e. The van der Waals surface area contributed by atoms with Gasteiger partial charge in [-0.2, -0.15) is 0 Å². The summed E-state index contributed by atoms with van der Waals surface area (Å²) < 4.78 is 18.1. The van der Waals surface area contributed by atoms with Gasteiger partial charge in [-0.3, -0.25) is 14.9 Å². The van der Waals surface area contributed by atoms with Gasteiger partial charge in [0.05, 0.1) is 4.92 Å². The first-order chi connectivity index (χ1) is 9.43. The van der Waals surface area contributed by atoms with Crippen molar-refractivity contribution >= 4 is 11.6 Å². The van der Waals surface area contributed by atoms with E-state index < -0.39 is 23.3 Å². The summed E-state index contributed by atoms with van der Waals surface area (Å²) in [7, 11) is 0. The van der Waals surface area contributed by atoms with Crippen LogP contribution in [0.2, 0.25) is 0 Å². The predicted molar refractivity (Wildman–Crippen MR) is 71.1 cm³/mol. The molecule has 0 fully saturated rings. The van der Waals surface area contributed by atoms with E-state index in [0.29, 0.717) is 0 Å². The number of hydrogen-bond acceptors (Lipinski definition) is 4. The van der Waals surface area contributed by atoms with Gasteiger partial charge in [-0.15, -0.1) is 0 Å². The molecule has 1 rings (SSSR count). The minimum absolute atomic E-state index is 0.00130. The number of nitro benzene ring substituents is 1. The molecule has 0 radical (unpaired) electrons. The minimum atomic E-state index is -0.688. The first kappa shape index (κ1) is 15.9. The van der Waals surface area contributed by atoms with Gasteiger partial charge in [0.15, 0.2) is 6.61 Å². The molecule has 0 aromatic heterocycles. The summed E-state index contributed by atoms with van der Waals surface area (Å²) in [5.74, 6) is -1.32. The Kier molecular flexibility index (Phi) is 5.89. The molecule has 0 bridgehead atoms. The first-order valence-electron chi connectivity index (χ1n) is 6.30. The Balaban J connectivity index is 2.63. The predicted octanol–water partition coefficient (Wildman–Crippen LogP) is 2.42. The lowest BCUT2D eigenvalue weighted by Gasteiger charge is -2.13. The zero-order valence-electron chi connectivity index (χ0n) is 11.4. The highest BCUT2D eigenvalue weighted by Crippen LogP contribution is 2.27. The van der Waals surface area contributed by atoms with Crippen LogP contribution >= 0.6 is 0 Å². The Labute approximate surface area is 116 Å². The van der Waals surface area contributed by atoms with Gasteiger partial charge in [-0.1, -0.05) is 13.3 Å². The van der Waals surface area contributed by atoms with Crippen LogP contribution in [-0.4, -0.2) is 23.5 Å². The van der Waals surface area contributed by atoms with E-state index in [0.717, 1.165) is 31.0 Å². The van der Waals surface area contributed by atoms with Crippen molar-refractivity contribution in [3.8, 4) is 5.75 Å². The molecule has 1 atom stereocenters. The van der Waals surface area contributed by atoms with Crippen LogP contribution in [0.4, 0.5) is 10.1 Å². The van der Waals surface area contributed by atoms with Gasteiger partial charge in [-0.05, 0) is 19.4 Å². The summed E-state index contributed by atoms with van der Waals surface area (Å²) in [6, 6.07) is 2.86. The Morgan fingerprint density at radius 1 is 1.55 bits per heavy atom. The molecule has 6 nitrogen and oxygen atoms in total. The molecular formula is C13H17FN2O4. The van der Waals surface area contributed by atoms with Crippen molar-refractivity contribution in [3.05, 3.63) is 34.1 Å². The highest BCUT2D eigenvalue weighted by Gasteiger charge is 2.17. The van der Waals surface area contributed by atoms with Crippen LogP contribution in [0.3, 0.4) is 0 Å². The molecular weight excluding hydrogens is 267 g/mol. The Morgan fingerprint density at radius 3 is 2.85 bits per heavy atom. The van der Waals surface area contributed by atoms with Gasteiger partial charge in [-0.25, -0.2) is 4.39 Å². The third-order valence-corrected chi connectivity index (χ3v) is 2.61. The van der Waals surface area contributed by atoms with Gasteiger partial charge in [0.25, 0.3) is 5.91 Å². The fourth-order valence-electron chi connectivity index (χ4n) is 1.72. The molecule has 0 spiro atoms. The number of ether oxygens (including phenoxy) is 1. The number of carbonyl (C=O) groups is 1. The smallest absolute Gasteiger partial charge is 0.311 e. The summed E-state index contributed by atoms with van der Waals surface area (Å²) in [5.41, 5.74) is -0.374. The monoisotopic (exact) mass is 284 g/mol. The number of nitro groups is 1. The largest absolute Gasteiger partial charge is 0.477 e. The highest BCUT2D eigenvalue weighted by molar-refractivity contribution is 5.77. The zero-order valence-corrected chi connectivity index (χ0v) is 11.4. The molecule has 0 saturated carbocycles. The Bertz CT molecular complexity index is 493. The van der Waals surface area contributed by atoms with Gasteiger partial charge in [0.1, 0.15) is 5.82 Å². The van der Waals surface area contributed by atoms with E-state index in [2.05, 4.69) is 5.32 Å². The van der Waals surface area contributed by atoms with Crippen LogP contribution in [0.25, 0.3) is 0 Å². The van der Waals surface area contributed by atoms with Crippen LogP contribution < -0.4 is 10.1 Å². The number of nitrogens with one attached hydrogen (secondary N) is 1. The Hall–Kier alpha value is -2.18. The van der Waals surface area contributed by atoms with Crippen LogP contribution in [0.5, 0.6) is 5.75 Å². The second kappa shape index (κ2) is 7.42. The van der Waals surface area contributed by atoms with Crippen molar-refractivity contribution in [1.29, 1.82) is 0 Å². The van der Waals surface area contributed by atoms with Crippen LogP contribution in [0.15, 0.2) is 18.2 Å². The van der Waals surface area contributed by atoms with Crippen LogP contribution in [-0.2, 0) is 4.79 Å². The lowest BCUT2D eigenvalue weighted by Crippen LogP contribution is -2.36. The second-order valence-corrected chi connectivity index (χ2v) is 4.42. The average molecular weight is 284 g/mol. The maximum absolute atomic E-state index is 13.0. The topological polar surface area (TPSA) is 81.5 Å². The third kappa shape index (κ3) is 4.83. The SMILES string of the molecule is CCCC(C)NC(=O)COc1cc(F)ccc1[N+](=O)[O-]. The molecule has 1 aromatic rings. The molecule has 1 amide bonds. The molecule has 0 aliphatic heterocycles. The quantitative estimate of drug-likeness (QED) is 0.615. The van der Waals surface area contributed by atoms with Crippen LogP contribution in [0.1, 0.15) is 26.7 Å². The number of carbonyl (C=O) groups excluding carboxylic acids is 1. The number of hydrogen-bond donors (Lipinski definition) is 1. The molecule has 0 aliphatic rings. The summed E-state index contributed by atoms with van der Waals surface area (Å²) in [6.07, 6.45) is 1.75. The summed E-state index contributed by atoms with van der Waals surface area (Å²) >= 11 is 0. The number of amides is 1. The average Bonchev–Trinajstić information content (AvgIpc) is 2.36. The van der Waals surface area contributed by atoms with E-state index in [1.165, 1.54) is 0 Å². The molecule has 20 heavy (non-hydrogen) atoms. The fourth-order valence-corrected chi connectivity index (χ4v) is 1.72. The van der Waals surface area contributed by atoms with Crippen LogP contribution in [0, 0.1) is 15.9 Å². The minimum Gasteiger partial charge on any atom is -0.477 e. The zero-order chi connectivity index (χ0) is 15.1. The van der Waals surface area contributed by atoms with Crippen molar-refractivity contribution < 1.29 is 18.8 Å². The Morgan fingerprint density at radius 2 is 2.25 bits per heavy atom. The summed E-state index contributed by atoms with van der Waals surface area (Å²) in [5, 5.41) is 13.4. The second-order valence-electron chi connectivity index (χ2n) is 4.42. The van der Waals surface area contributed by atoms with Crippen molar-refractivity contribution in [2.75, 3.05) is 6.61 Å². The summed E-state index contributed by atoms with van der Waals surface area (Å²) in [4.78, 5) is 21.6. The molecule has 110 valence electrons. The maximum atomic E-state index is 13.0. The van der Waals surface area contributed by atoms with Crippen molar-refractivity contribution in [1.82, 2.24) is 5.32 Å². The molecule has 0 heterocycles. The normalized spacial score (nSPS) is 11.8. The fraction of sp³-hybridized carbons (Fsp3) is 0.462. The molecule has 1 N–H and O–H groups in total. The lowest BCUT2D eigenvalue weighted by molar-refractivity contribution is -0.385. The molecule has 0 saturated heterocycles.